The number of alkyl halides is 3. The van der Waals surface area contributed by atoms with Crippen molar-refractivity contribution in [2.24, 2.45) is 5.73 Å². The van der Waals surface area contributed by atoms with Crippen molar-refractivity contribution in [1.29, 1.82) is 0 Å². The number of benzene rings is 2. The van der Waals surface area contributed by atoms with Crippen molar-refractivity contribution in [2.75, 3.05) is 29.9 Å². The number of carbonyl (C=O) groups is 1. The van der Waals surface area contributed by atoms with Gasteiger partial charge in [-0.05, 0) is 49.6 Å². The Bertz CT molecular complexity index is 1030. The zero-order valence-corrected chi connectivity index (χ0v) is 17.1. The minimum absolute atomic E-state index is 0.0716. The minimum Gasteiger partial charge on any atom is -0.491 e. The molecule has 10 heteroatoms. The first-order valence-electron chi connectivity index (χ1n) is 10.2. The normalized spacial score (nSPS) is 18.2. The van der Waals surface area contributed by atoms with Gasteiger partial charge in [-0.1, -0.05) is 0 Å². The number of fused-ring (bicyclic) bond motifs is 1. The summed E-state index contributed by atoms with van der Waals surface area (Å²) >= 11 is 0. The lowest BCUT2D eigenvalue weighted by molar-refractivity contribution is -0.137. The average molecular weight is 455 g/mol. The molecular weight excluding hydrogens is 433 g/mol. The van der Waals surface area contributed by atoms with Gasteiger partial charge in [-0.25, -0.2) is 8.78 Å². The molecule has 172 valence electrons. The summed E-state index contributed by atoms with van der Waals surface area (Å²) in [5.74, 6) is -1.15. The van der Waals surface area contributed by atoms with Gasteiger partial charge < -0.3 is 20.7 Å². The molecule has 3 N–H and O–H groups in total. The molecular formula is C22H22F5N3O2. The Kier molecular flexibility index (Phi) is 5.74. The number of nitrogens with two attached hydrogens (primary N) is 1. The summed E-state index contributed by atoms with van der Waals surface area (Å²) in [6, 6.07) is 5.11. The molecule has 2 aromatic carbocycles. The number of halogens is 5. The highest BCUT2D eigenvalue weighted by Gasteiger charge is 2.38. The molecule has 2 aliphatic heterocycles. The Hall–Kier alpha value is -2.88. The van der Waals surface area contributed by atoms with Crippen LogP contribution in [-0.4, -0.2) is 31.1 Å². The first-order chi connectivity index (χ1) is 15.1. The zero-order valence-electron chi connectivity index (χ0n) is 17.1. The van der Waals surface area contributed by atoms with Crippen molar-refractivity contribution in [3.8, 4) is 5.75 Å². The van der Waals surface area contributed by atoms with Gasteiger partial charge in [0.05, 0.1) is 22.5 Å². The number of nitrogens with zero attached hydrogens (tertiary/aromatic N) is 1. The maximum Gasteiger partial charge on any atom is 0.418 e. The third-order valence-corrected chi connectivity index (χ3v) is 5.97. The second-order valence-electron chi connectivity index (χ2n) is 8.24. The van der Waals surface area contributed by atoms with E-state index in [4.69, 9.17) is 10.5 Å². The van der Waals surface area contributed by atoms with Crippen LogP contribution in [0.15, 0.2) is 30.3 Å². The number of hydrogen-bond donors (Lipinski definition) is 2. The van der Waals surface area contributed by atoms with Crippen LogP contribution in [0.4, 0.5) is 33.3 Å². The number of amides is 1. The highest BCUT2D eigenvalue weighted by Crippen LogP contribution is 2.39. The predicted octanol–water partition coefficient (Wildman–Crippen LogP) is 4.25. The van der Waals surface area contributed by atoms with Crippen molar-refractivity contribution in [1.82, 2.24) is 0 Å². The molecule has 4 rings (SSSR count). The van der Waals surface area contributed by atoms with E-state index in [-0.39, 0.29) is 43.4 Å². The molecule has 0 atom stereocenters. The van der Waals surface area contributed by atoms with E-state index in [0.29, 0.717) is 30.6 Å². The van der Waals surface area contributed by atoms with Crippen LogP contribution < -0.4 is 20.7 Å². The van der Waals surface area contributed by atoms with E-state index in [9.17, 15) is 26.7 Å². The molecule has 2 aromatic rings. The number of hydrogen-bond acceptors (Lipinski definition) is 4. The first kappa shape index (κ1) is 22.3. The summed E-state index contributed by atoms with van der Waals surface area (Å²) < 4.78 is 73.6. The molecule has 0 bridgehead atoms. The Balaban J connectivity index is 1.45. The van der Waals surface area contributed by atoms with Gasteiger partial charge in [0.25, 0.3) is 0 Å². The molecule has 2 heterocycles. The third kappa shape index (κ3) is 4.50. The second kappa shape index (κ2) is 8.23. The molecule has 1 amide bonds. The van der Waals surface area contributed by atoms with Crippen molar-refractivity contribution < 1.29 is 31.5 Å². The van der Waals surface area contributed by atoms with Crippen molar-refractivity contribution >= 4 is 17.3 Å². The van der Waals surface area contributed by atoms with Crippen LogP contribution in [-0.2, 0) is 17.4 Å². The number of ether oxygens (including phenoxy) is 1. The highest BCUT2D eigenvalue weighted by atomic mass is 19.4. The van der Waals surface area contributed by atoms with Crippen LogP contribution in [0.5, 0.6) is 5.75 Å². The van der Waals surface area contributed by atoms with Crippen LogP contribution >= 0.6 is 0 Å². The third-order valence-electron chi connectivity index (χ3n) is 5.97. The smallest absolute Gasteiger partial charge is 0.418 e. The molecule has 0 aliphatic carbocycles. The van der Waals surface area contributed by atoms with Gasteiger partial charge >= 0.3 is 6.18 Å². The lowest BCUT2D eigenvalue weighted by atomic mass is 9.89. The van der Waals surface area contributed by atoms with Gasteiger partial charge in [0.1, 0.15) is 24.0 Å². The quantitative estimate of drug-likeness (QED) is 0.677. The lowest BCUT2D eigenvalue weighted by Crippen LogP contribution is -2.54. The average Bonchev–Trinajstić information content (AvgIpc) is 2.73. The SMILES string of the molecule is NC1(COc2ccc(F)c3c2CCC(=O)N3)CCN(c2cc(F)ccc2C(F)(F)F)CC1. The van der Waals surface area contributed by atoms with Gasteiger partial charge in [0.2, 0.25) is 5.91 Å². The van der Waals surface area contributed by atoms with Crippen molar-refractivity contribution in [3.63, 3.8) is 0 Å². The van der Waals surface area contributed by atoms with E-state index in [1.807, 2.05) is 0 Å². The maximum absolute atomic E-state index is 14.0. The summed E-state index contributed by atoms with van der Waals surface area (Å²) in [6.07, 6.45) is -3.41. The number of anilines is 2. The Morgan fingerprint density at radius 1 is 1.09 bits per heavy atom. The number of rotatable bonds is 4. The molecule has 2 aliphatic rings. The Morgan fingerprint density at radius 3 is 2.50 bits per heavy atom. The van der Waals surface area contributed by atoms with Crippen LogP contribution in [0.3, 0.4) is 0 Å². The summed E-state index contributed by atoms with van der Waals surface area (Å²) in [4.78, 5) is 13.0. The number of nitrogens with one attached hydrogen (secondary N) is 1. The van der Waals surface area contributed by atoms with Crippen LogP contribution in [0.2, 0.25) is 0 Å². The predicted molar refractivity (Wildman–Crippen MR) is 109 cm³/mol. The second-order valence-corrected chi connectivity index (χ2v) is 8.24. The molecule has 0 radical (unpaired) electrons. The van der Waals surface area contributed by atoms with Gasteiger partial charge in [-0.15, -0.1) is 0 Å². The molecule has 0 spiro atoms. The molecule has 32 heavy (non-hydrogen) atoms. The van der Waals surface area contributed by atoms with E-state index < -0.39 is 28.9 Å². The van der Waals surface area contributed by atoms with Crippen LogP contribution in [0, 0.1) is 11.6 Å². The molecule has 5 nitrogen and oxygen atoms in total. The fraction of sp³-hybridized carbons (Fsp3) is 0.409. The van der Waals surface area contributed by atoms with Gasteiger partial charge in [-0.3, -0.25) is 4.79 Å². The molecule has 0 aromatic heterocycles. The molecule has 1 saturated heterocycles. The van der Waals surface area contributed by atoms with Crippen LogP contribution in [0.25, 0.3) is 0 Å². The lowest BCUT2D eigenvalue weighted by Gasteiger charge is -2.40. The van der Waals surface area contributed by atoms with Gasteiger partial charge in [-0.2, -0.15) is 13.2 Å². The van der Waals surface area contributed by atoms with E-state index in [1.165, 1.54) is 17.0 Å². The number of carbonyl (C=O) groups excluding carboxylic acids is 1. The summed E-state index contributed by atoms with van der Waals surface area (Å²) in [5, 5.41) is 2.51. The van der Waals surface area contributed by atoms with Crippen molar-refractivity contribution in [2.45, 2.75) is 37.4 Å². The Morgan fingerprint density at radius 2 is 1.81 bits per heavy atom. The fourth-order valence-corrected chi connectivity index (χ4v) is 4.12. The molecule has 1 fully saturated rings. The topological polar surface area (TPSA) is 67.6 Å². The first-order valence-corrected chi connectivity index (χ1v) is 10.2. The van der Waals surface area contributed by atoms with Gasteiger partial charge in [0, 0.05) is 25.1 Å². The maximum atomic E-state index is 14.0. The van der Waals surface area contributed by atoms with Crippen molar-refractivity contribution in [3.05, 3.63) is 53.1 Å². The standard InChI is InChI=1S/C22H22F5N3O2/c23-13-1-3-15(22(25,26)27)17(11-13)30-9-7-21(28,8-10-30)12-32-18-5-4-16(24)20-14(18)2-6-19(31)29-20/h1,3-5,11H,2,6-10,12,28H2,(H,29,31). The van der Waals surface area contributed by atoms with E-state index in [1.54, 1.807) is 0 Å². The molecule has 0 unspecified atom stereocenters. The van der Waals surface area contributed by atoms with Gasteiger partial charge in [0.15, 0.2) is 0 Å². The monoisotopic (exact) mass is 455 g/mol. The Labute approximate surface area is 181 Å². The fourth-order valence-electron chi connectivity index (χ4n) is 4.12. The van der Waals surface area contributed by atoms with Crippen LogP contribution in [0.1, 0.15) is 30.4 Å². The summed E-state index contributed by atoms with van der Waals surface area (Å²) in [7, 11) is 0. The highest BCUT2D eigenvalue weighted by molar-refractivity contribution is 5.94. The largest absolute Gasteiger partial charge is 0.491 e. The summed E-state index contributed by atoms with van der Waals surface area (Å²) in [6.45, 7) is 0.468. The summed E-state index contributed by atoms with van der Waals surface area (Å²) in [5.41, 5.74) is 5.18. The minimum atomic E-state index is -4.60. The molecule has 0 saturated carbocycles. The van der Waals surface area contributed by atoms with E-state index in [0.717, 1.165) is 18.2 Å². The van der Waals surface area contributed by atoms with E-state index >= 15 is 0 Å². The zero-order chi connectivity index (χ0) is 23.1. The number of piperidine rings is 1. The van der Waals surface area contributed by atoms with E-state index in [2.05, 4.69) is 5.32 Å².